The molecule has 0 radical (unpaired) electrons. The van der Waals surface area contributed by atoms with Crippen molar-refractivity contribution in [3.63, 3.8) is 0 Å². The van der Waals surface area contributed by atoms with Gasteiger partial charge in [-0.15, -0.1) is 0 Å². The molecule has 4 heteroatoms. The first-order valence-electron chi connectivity index (χ1n) is 6.76. The van der Waals surface area contributed by atoms with Crippen molar-refractivity contribution < 1.29 is 9.90 Å². The predicted octanol–water partition coefficient (Wildman–Crippen LogP) is 2.61. The smallest absolute Gasteiger partial charge is 0.227 e. The summed E-state index contributed by atoms with van der Waals surface area (Å²) in [6.07, 6.45) is 2.12. The highest BCUT2D eigenvalue weighted by Crippen LogP contribution is 2.20. The third-order valence-corrected chi connectivity index (χ3v) is 4.29. The minimum absolute atomic E-state index is 0.160. The van der Waals surface area contributed by atoms with E-state index in [0.29, 0.717) is 13.0 Å². The van der Waals surface area contributed by atoms with Crippen LogP contribution >= 0.6 is 15.9 Å². The second kappa shape index (κ2) is 6.53. The van der Waals surface area contributed by atoms with E-state index in [2.05, 4.69) is 15.9 Å². The van der Waals surface area contributed by atoms with E-state index in [4.69, 9.17) is 0 Å². The summed E-state index contributed by atoms with van der Waals surface area (Å²) < 4.78 is 1.02. The molecular weight excluding hydrogens is 306 g/mol. The minimum atomic E-state index is -0.330. The molecule has 2 unspecified atom stereocenters. The maximum Gasteiger partial charge on any atom is 0.227 e. The van der Waals surface area contributed by atoms with Gasteiger partial charge in [0.1, 0.15) is 0 Å². The van der Waals surface area contributed by atoms with Crippen LogP contribution in [0.15, 0.2) is 28.7 Å². The lowest BCUT2D eigenvalue weighted by molar-refractivity contribution is -0.133. The Labute approximate surface area is 122 Å². The Balaban J connectivity index is 1.94. The topological polar surface area (TPSA) is 40.5 Å². The number of aliphatic hydroxyl groups excluding tert-OH is 1. The quantitative estimate of drug-likeness (QED) is 0.928. The molecule has 1 fully saturated rings. The van der Waals surface area contributed by atoms with Gasteiger partial charge in [0, 0.05) is 23.5 Å². The second-order valence-electron chi connectivity index (χ2n) is 5.29. The van der Waals surface area contributed by atoms with Crippen molar-refractivity contribution in [2.75, 3.05) is 13.1 Å². The Bertz CT molecular complexity index is 430. The van der Waals surface area contributed by atoms with Crippen LogP contribution in [0, 0.1) is 5.92 Å². The Morgan fingerprint density at radius 2 is 2.16 bits per heavy atom. The summed E-state index contributed by atoms with van der Waals surface area (Å²) in [7, 11) is 0. The highest BCUT2D eigenvalue weighted by Gasteiger charge is 2.26. The molecule has 1 aromatic carbocycles. The van der Waals surface area contributed by atoms with Crippen molar-refractivity contribution in [2.45, 2.75) is 32.3 Å². The molecule has 2 rings (SSSR count). The third-order valence-electron chi connectivity index (χ3n) is 3.76. The lowest BCUT2D eigenvalue weighted by atomic mass is 9.93. The highest BCUT2D eigenvalue weighted by atomic mass is 79.9. The SMILES string of the molecule is CC(O)C1CCCN(C(=O)Cc2ccc(Br)cc2)C1. The first-order valence-corrected chi connectivity index (χ1v) is 7.56. The monoisotopic (exact) mass is 325 g/mol. The molecule has 1 aliphatic rings. The van der Waals surface area contributed by atoms with Crippen LogP contribution in [0.25, 0.3) is 0 Å². The molecule has 1 aliphatic heterocycles. The number of aliphatic hydroxyl groups is 1. The Hall–Kier alpha value is -0.870. The molecule has 104 valence electrons. The van der Waals surface area contributed by atoms with Gasteiger partial charge < -0.3 is 10.0 Å². The number of likely N-dealkylation sites (tertiary alicyclic amines) is 1. The standard InChI is InChI=1S/C15H20BrNO2/c1-11(18)13-3-2-8-17(10-13)15(19)9-12-4-6-14(16)7-5-12/h4-7,11,13,18H,2-3,8-10H2,1H3. The zero-order chi connectivity index (χ0) is 13.8. The molecular formula is C15H20BrNO2. The number of carbonyl (C=O) groups is 1. The van der Waals surface area contributed by atoms with Crippen LogP contribution in [0.4, 0.5) is 0 Å². The van der Waals surface area contributed by atoms with Crippen molar-refractivity contribution in [1.82, 2.24) is 4.90 Å². The maximum atomic E-state index is 12.3. The lowest BCUT2D eigenvalue weighted by Gasteiger charge is -2.34. The average molecular weight is 326 g/mol. The maximum absolute atomic E-state index is 12.3. The van der Waals surface area contributed by atoms with Gasteiger partial charge in [-0.3, -0.25) is 4.79 Å². The molecule has 1 heterocycles. The number of piperidine rings is 1. The molecule has 0 saturated carbocycles. The molecule has 1 saturated heterocycles. The van der Waals surface area contributed by atoms with Crippen LogP contribution in [0.1, 0.15) is 25.3 Å². The Morgan fingerprint density at radius 3 is 2.79 bits per heavy atom. The van der Waals surface area contributed by atoms with Crippen LogP contribution in [0.2, 0.25) is 0 Å². The highest BCUT2D eigenvalue weighted by molar-refractivity contribution is 9.10. The average Bonchev–Trinajstić information content (AvgIpc) is 2.41. The molecule has 0 bridgehead atoms. The molecule has 1 N–H and O–H groups in total. The molecule has 19 heavy (non-hydrogen) atoms. The van der Waals surface area contributed by atoms with Crippen molar-refractivity contribution in [3.8, 4) is 0 Å². The first kappa shape index (κ1) is 14.5. The molecule has 1 amide bonds. The fourth-order valence-electron chi connectivity index (χ4n) is 2.52. The van der Waals surface area contributed by atoms with Gasteiger partial charge in [0.2, 0.25) is 5.91 Å². The summed E-state index contributed by atoms with van der Waals surface area (Å²) in [5.41, 5.74) is 1.03. The molecule has 1 aromatic rings. The Morgan fingerprint density at radius 1 is 1.47 bits per heavy atom. The van der Waals surface area contributed by atoms with Crippen LogP contribution in [-0.2, 0) is 11.2 Å². The zero-order valence-electron chi connectivity index (χ0n) is 11.2. The summed E-state index contributed by atoms with van der Waals surface area (Å²) in [6.45, 7) is 3.32. The van der Waals surface area contributed by atoms with Gasteiger partial charge >= 0.3 is 0 Å². The number of halogens is 1. The number of carbonyl (C=O) groups excluding carboxylic acids is 1. The molecule has 0 aliphatic carbocycles. The van der Waals surface area contributed by atoms with Crippen LogP contribution < -0.4 is 0 Å². The van der Waals surface area contributed by atoms with Gasteiger partial charge in [0.25, 0.3) is 0 Å². The second-order valence-corrected chi connectivity index (χ2v) is 6.20. The zero-order valence-corrected chi connectivity index (χ0v) is 12.8. The van der Waals surface area contributed by atoms with E-state index in [1.54, 1.807) is 0 Å². The fraction of sp³-hybridized carbons (Fsp3) is 0.533. The Kier molecular flexibility index (Phi) is 4.99. The number of benzene rings is 1. The van der Waals surface area contributed by atoms with E-state index in [-0.39, 0.29) is 17.9 Å². The summed E-state index contributed by atoms with van der Waals surface area (Å²) in [5, 5.41) is 9.65. The normalized spacial score (nSPS) is 21.2. The first-order chi connectivity index (χ1) is 9.06. The lowest BCUT2D eigenvalue weighted by Crippen LogP contribution is -2.43. The molecule has 3 nitrogen and oxygen atoms in total. The van der Waals surface area contributed by atoms with Gasteiger partial charge in [0.15, 0.2) is 0 Å². The summed E-state index contributed by atoms with van der Waals surface area (Å²) in [4.78, 5) is 14.1. The fourth-order valence-corrected chi connectivity index (χ4v) is 2.78. The van der Waals surface area contributed by atoms with Gasteiger partial charge in [-0.05, 0) is 37.5 Å². The van der Waals surface area contributed by atoms with E-state index >= 15 is 0 Å². The number of hydrogen-bond donors (Lipinski definition) is 1. The van der Waals surface area contributed by atoms with Crippen LogP contribution in [0.3, 0.4) is 0 Å². The predicted molar refractivity (Wildman–Crippen MR) is 78.8 cm³/mol. The van der Waals surface area contributed by atoms with E-state index in [9.17, 15) is 9.90 Å². The number of rotatable bonds is 3. The van der Waals surface area contributed by atoms with Crippen molar-refractivity contribution >= 4 is 21.8 Å². The summed E-state index contributed by atoms with van der Waals surface area (Å²) >= 11 is 3.39. The van der Waals surface area contributed by atoms with Gasteiger partial charge in [0.05, 0.1) is 12.5 Å². The van der Waals surface area contributed by atoms with Crippen molar-refractivity contribution in [3.05, 3.63) is 34.3 Å². The third kappa shape index (κ3) is 4.05. The largest absolute Gasteiger partial charge is 0.393 e. The molecule has 0 spiro atoms. The van der Waals surface area contributed by atoms with Gasteiger partial charge in [-0.25, -0.2) is 0 Å². The number of nitrogens with zero attached hydrogens (tertiary/aromatic N) is 1. The van der Waals surface area contributed by atoms with Crippen molar-refractivity contribution in [2.24, 2.45) is 5.92 Å². The molecule has 0 aromatic heterocycles. The van der Waals surface area contributed by atoms with E-state index in [0.717, 1.165) is 29.4 Å². The number of amides is 1. The van der Waals surface area contributed by atoms with Gasteiger partial charge in [-0.2, -0.15) is 0 Å². The van der Waals surface area contributed by atoms with Crippen LogP contribution in [-0.4, -0.2) is 35.1 Å². The van der Waals surface area contributed by atoms with E-state index in [1.807, 2.05) is 36.1 Å². The molecule has 2 atom stereocenters. The summed E-state index contributed by atoms with van der Waals surface area (Å²) in [6, 6.07) is 7.85. The minimum Gasteiger partial charge on any atom is -0.393 e. The van der Waals surface area contributed by atoms with Crippen molar-refractivity contribution in [1.29, 1.82) is 0 Å². The van der Waals surface area contributed by atoms with E-state index < -0.39 is 0 Å². The van der Waals surface area contributed by atoms with Gasteiger partial charge in [-0.1, -0.05) is 28.1 Å². The van der Waals surface area contributed by atoms with Crippen LogP contribution in [0.5, 0.6) is 0 Å². The number of hydrogen-bond acceptors (Lipinski definition) is 2. The summed E-state index contributed by atoms with van der Waals surface area (Å²) in [5.74, 6) is 0.385. The van der Waals surface area contributed by atoms with E-state index in [1.165, 1.54) is 0 Å².